The lowest BCUT2D eigenvalue weighted by Gasteiger charge is -2.12. The van der Waals surface area contributed by atoms with Crippen molar-refractivity contribution in [2.75, 3.05) is 5.32 Å². The third-order valence-electron chi connectivity index (χ3n) is 4.31. The smallest absolute Gasteiger partial charge is 0.224 e. The van der Waals surface area contributed by atoms with E-state index in [0.717, 1.165) is 17.3 Å². The summed E-state index contributed by atoms with van der Waals surface area (Å²) in [6.07, 6.45) is 6.61. The van der Waals surface area contributed by atoms with Gasteiger partial charge in [0.15, 0.2) is 0 Å². The Bertz CT molecular complexity index is 696. The van der Waals surface area contributed by atoms with Gasteiger partial charge in [0, 0.05) is 11.8 Å². The van der Waals surface area contributed by atoms with Crippen molar-refractivity contribution in [1.82, 2.24) is 4.98 Å². The minimum atomic E-state index is 0.0104. The van der Waals surface area contributed by atoms with E-state index in [4.69, 9.17) is 23.2 Å². The molecule has 0 atom stereocenters. The van der Waals surface area contributed by atoms with Crippen LogP contribution in [-0.2, 0) is 4.79 Å². The SMILES string of the molecule is O=C(CCC1CCCC1)Nc1c(Cl)ccc2nc(Cl)ccc12. The molecule has 1 amide bonds. The van der Waals surface area contributed by atoms with Gasteiger partial charge in [-0.05, 0) is 36.6 Å². The fourth-order valence-electron chi connectivity index (χ4n) is 3.12. The maximum atomic E-state index is 12.2. The van der Waals surface area contributed by atoms with Gasteiger partial charge in [0.25, 0.3) is 0 Å². The number of halogens is 2. The molecule has 1 aromatic heterocycles. The zero-order chi connectivity index (χ0) is 15.5. The van der Waals surface area contributed by atoms with E-state index in [0.29, 0.717) is 28.2 Å². The fraction of sp³-hybridized carbons (Fsp3) is 0.412. The third-order valence-corrected chi connectivity index (χ3v) is 4.83. The molecule has 0 bridgehead atoms. The Labute approximate surface area is 140 Å². The van der Waals surface area contributed by atoms with E-state index in [1.807, 2.05) is 6.07 Å². The molecule has 5 heteroatoms. The highest BCUT2D eigenvalue weighted by atomic mass is 35.5. The summed E-state index contributed by atoms with van der Waals surface area (Å²) >= 11 is 12.1. The van der Waals surface area contributed by atoms with Gasteiger partial charge in [-0.3, -0.25) is 4.79 Å². The first-order valence-corrected chi connectivity index (χ1v) is 8.43. The first-order chi connectivity index (χ1) is 10.6. The molecular weight excluding hydrogens is 319 g/mol. The van der Waals surface area contributed by atoms with Crippen molar-refractivity contribution in [3.63, 3.8) is 0 Å². The van der Waals surface area contributed by atoms with Crippen LogP contribution in [0.2, 0.25) is 10.2 Å². The number of carbonyl (C=O) groups excluding carboxylic acids is 1. The van der Waals surface area contributed by atoms with Gasteiger partial charge < -0.3 is 5.32 Å². The average molecular weight is 337 g/mol. The Morgan fingerprint density at radius 2 is 1.95 bits per heavy atom. The van der Waals surface area contributed by atoms with Gasteiger partial charge in [-0.2, -0.15) is 0 Å². The second-order valence-electron chi connectivity index (χ2n) is 5.86. The lowest BCUT2D eigenvalue weighted by atomic mass is 10.0. The molecule has 0 spiro atoms. The van der Waals surface area contributed by atoms with Crippen LogP contribution in [0, 0.1) is 5.92 Å². The number of amides is 1. The minimum absolute atomic E-state index is 0.0104. The number of nitrogens with zero attached hydrogens (tertiary/aromatic N) is 1. The van der Waals surface area contributed by atoms with E-state index in [1.54, 1.807) is 18.2 Å². The number of rotatable bonds is 4. The molecule has 1 heterocycles. The van der Waals surface area contributed by atoms with Gasteiger partial charge in [0.05, 0.1) is 16.2 Å². The quantitative estimate of drug-likeness (QED) is 0.754. The van der Waals surface area contributed by atoms with Gasteiger partial charge in [-0.25, -0.2) is 4.98 Å². The van der Waals surface area contributed by atoms with Crippen LogP contribution in [-0.4, -0.2) is 10.9 Å². The number of hydrogen-bond donors (Lipinski definition) is 1. The Kier molecular flexibility index (Phi) is 4.84. The van der Waals surface area contributed by atoms with E-state index in [-0.39, 0.29) is 5.91 Å². The molecule has 1 N–H and O–H groups in total. The van der Waals surface area contributed by atoms with Gasteiger partial charge in [0.1, 0.15) is 5.15 Å². The molecular formula is C17H18Cl2N2O. The van der Waals surface area contributed by atoms with Gasteiger partial charge >= 0.3 is 0 Å². The van der Waals surface area contributed by atoms with E-state index < -0.39 is 0 Å². The standard InChI is InChI=1S/C17H18Cl2N2O/c18-13-7-8-14-12(6-9-15(19)20-14)17(13)21-16(22)10-5-11-3-1-2-4-11/h6-9,11H,1-5,10H2,(H,21,22). The maximum absolute atomic E-state index is 12.2. The van der Waals surface area contributed by atoms with E-state index in [2.05, 4.69) is 10.3 Å². The number of carbonyl (C=O) groups is 1. The van der Waals surface area contributed by atoms with Crippen molar-refractivity contribution in [1.29, 1.82) is 0 Å². The van der Waals surface area contributed by atoms with Crippen molar-refractivity contribution in [3.8, 4) is 0 Å². The Morgan fingerprint density at radius 1 is 1.18 bits per heavy atom. The van der Waals surface area contributed by atoms with Crippen molar-refractivity contribution in [3.05, 3.63) is 34.4 Å². The molecule has 3 rings (SSSR count). The van der Waals surface area contributed by atoms with Crippen molar-refractivity contribution in [2.24, 2.45) is 5.92 Å². The normalized spacial score (nSPS) is 15.4. The summed E-state index contributed by atoms with van der Waals surface area (Å²) in [6, 6.07) is 7.08. The lowest BCUT2D eigenvalue weighted by Crippen LogP contribution is -2.13. The Morgan fingerprint density at radius 3 is 2.73 bits per heavy atom. The number of hydrogen-bond acceptors (Lipinski definition) is 2. The van der Waals surface area contributed by atoms with E-state index in [1.165, 1.54) is 25.7 Å². The molecule has 2 aromatic rings. The third kappa shape index (κ3) is 3.53. The van der Waals surface area contributed by atoms with Crippen LogP contribution in [0.5, 0.6) is 0 Å². The highest BCUT2D eigenvalue weighted by Gasteiger charge is 2.17. The molecule has 116 valence electrons. The molecule has 1 aliphatic carbocycles. The topological polar surface area (TPSA) is 42.0 Å². The number of benzene rings is 1. The van der Waals surface area contributed by atoms with Crippen LogP contribution in [0.4, 0.5) is 5.69 Å². The molecule has 0 unspecified atom stereocenters. The summed E-state index contributed by atoms with van der Waals surface area (Å²) in [5, 5.41) is 4.70. The van der Waals surface area contributed by atoms with Crippen LogP contribution in [0.15, 0.2) is 24.3 Å². The molecule has 0 radical (unpaired) electrons. The Balaban J connectivity index is 1.74. The highest BCUT2D eigenvalue weighted by molar-refractivity contribution is 6.35. The van der Waals surface area contributed by atoms with Crippen LogP contribution >= 0.6 is 23.2 Å². The predicted molar refractivity (Wildman–Crippen MR) is 91.6 cm³/mol. The average Bonchev–Trinajstić information content (AvgIpc) is 3.01. The Hall–Kier alpha value is -1.32. The zero-order valence-electron chi connectivity index (χ0n) is 12.2. The number of nitrogens with one attached hydrogen (secondary N) is 1. The summed E-state index contributed by atoms with van der Waals surface area (Å²) in [5.74, 6) is 0.713. The lowest BCUT2D eigenvalue weighted by molar-refractivity contribution is -0.116. The van der Waals surface area contributed by atoms with Crippen LogP contribution in [0.25, 0.3) is 10.9 Å². The molecule has 1 fully saturated rings. The summed E-state index contributed by atoms with van der Waals surface area (Å²) in [7, 11) is 0. The van der Waals surface area contributed by atoms with Crippen LogP contribution < -0.4 is 5.32 Å². The highest BCUT2D eigenvalue weighted by Crippen LogP contribution is 2.32. The van der Waals surface area contributed by atoms with Gasteiger partial charge in [0.2, 0.25) is 5.91 Å². The number of anilines is 1. The summed E-state index contributed by atoms with van der Waals surface area (Å²) in [4.78, 5) is 16.5. The van der Waals surface area contributed by atoms with Crippen molar-refractivity contribution >= 4 is 45.7 Å². The van der Waals surface area contributed by atoms with Crippen molar-refractivity contribution in [2.45, 2.75) is 38.5 Å². The predicted octanol–water partition coefficient (Wildman–Crippen LogP) is 5.45. The maximum Gasteiger partial charge on any atom is 0.224 e. The van der Waals surface area contributed by atoms with Crippen LogP contribution in [0.3, 0.4) is 0 Å². The summed E-state index contributed by atoms with van der Waals surface area (Å²) in [5.41, 5.74) is 1.35. The zero-order valence-corrected chi connectivity index (χ0v) is 13.8. The number of fused-ring (bicyclic) bond motifs is 1. The molecule has 1 aromatic carbocycles. The van der Waals surface area contributed by atoms with E-state index >= 15 is 0 Å². The second kappa shape index (κ2) is 6.84. The number of pyridine rings is 1. The molecule has 0 saturated heterocycles. The van der Waals surface area contributed by atoms with E-state index in [9.17, 15) is 4.79 Å². The molecule has 22 heavy (non-hydrogen) atoms. The second-order valence-corrected chi connectivity index (χ2v) is 6.65. The van der Waals surface area contributed by atoms with Crippen LogP contribution in [0.1, 0.15) is 38.5 Å². The largest absolute Gasteiger partial charge is 0.324 e. The van der Waals surface area contributed by atoms with Crippen molar-refractivity contribution < 1.29 is 4.79 Å². The minimum Gasteiger partial charge on any atom is -0.324 e. The molecule has 1 aliphatic rings. The fourth-order valence-corrected chi connectivity index (χ4v) is 3.48. The van der Waals surface area contributed by atoms with Gasteiger partial charge in [-0.1, -0.05) is 48.9 Å². The first-order valence-electron chi connectivity index (χ1n) is 7.68. The number of aromatic nitrogens is 1. The first kappa shape index (κ1) is 15.6. The summed E-state index contributed by atoms with van der Waals surface area (Å²) in [6.45, 7) is 0. The van der Waals surface area contributed by atoms with Gasteiger partial charge in [-0.15, -0.1) is 0 Å². The summed E-state index contributed by atoms with van der Waals surface area (Å²) < 4.78 is 0. The molecule has 3 nitrogen and oxygen atoms in total. The molecule has 1 saturated carbocycles. The monoisotopic (exact) mass is 336 g/mol. The molecule has 0 aliphatic heterocycles.